The van der Waals surface area contributed by atoms with Gasteiger partial charge in [0.15, 0.2) is 0 Å². The van der Waals surface area contributed by atoms with Crippen molar-refractivity contribution in [2.45, 2.75) is 18.2 Å². The van der Waals surface area contributed by atoms with Crippen molar-refractivity contribution in [1.82, 2.24) is 4.98 Å². The molecule has 1 aromatic heterocycles. The molecule has 0 bridgehead atoms. The van der Waals surface area contributed by atoms with E-state index in [2.05, 4.69) is 41.6 Å². The minimum atomic E-state index is -2.69. The number of aromatic nitrogens is 1. The molecule has 0 radical (unpaired) electrons. The van der Waals surface area contributed by atoms with E-state index in [-0.39, 0.29) is 22.3 Å². The van der Waals surface area contributed by atoms with E-state index in [1.165, 1.54) is 7.11 Å². The fourth-order valence-corrected chi connectivity index (χ4v) is 2.55. The number of alkyl halides is 3. The third-order valence-electron chi connectivity index (χ3n) is 2.02. The first-order valence-corrected chi connectivity index (χ1v) is 6.50. The van der Waals surface area contributed by atoms with Crippen LogP contribution in [0.2, 0.25) is 0 Å². The summed E-state index contributed by atoms with van der Waals surface area (Å²) in [6.07, 6.45) is -2.82. The molecule has 0 amide bonds. The molecule has 0 unspecified atom stereocenters. The van der Waals surface area contributed by atoms with Crippen molar-refractivity contribution >= 4 is 37.8 Å². The van der Waals surface area contributed by atoms with E-state index in [0.29, 0.717) is 10.9 Å². The highest BCUT2D eigenvalue weighted by atomic mass is 79.9. The number of nitrogens with zero attached hydrogens (tertiary/aromatic N) is 1. The predicted molar refractivity (Wildman–Crippen MR) is 65.2 cm³/mol. The lowest BCUT2D eigenvalue weighted by molar-refractivity contribution is -0.139. The zero-order valence-corrected chi connectivity index (χ0v) is 12.0. The second kappa shape index (κ2) is 6.39. The van der Waals surface area contributed by atoms with Gasteiger partial charge in [0.1, 0.15) is 5.69 Å². The molecule has 0 atom stereocenters. The van der Waals surface area contributed by atoms with Gasteiger partial charge in [0, 0.05) is 9.80 Å². The zero-order valence-electron chi connectivity index (χ0n) is 8.84. The Labute approximate surface area is 114 Å². The normalized spacial score (nSPS) is 10.7. The molecule has 7 heteroatoms. The summed E-state index contributed by atoms with van der Waals surface area (Å²) in [5.74, 6) is -0.513. The van der Waals surface area contributed by atoms with Gasteiger partial charge in [0.25, 0.3) is 6.43 Å². The molecule has 1 aromatic rings. The van der Waals surface area contributed by atoms with Crippen molar-refractivity contribution in [3.05, 3.63) is 27.5 Å². The highest BCUT2D eigenvalue weighted by Crippen LogP contribution is 2.30. The molecule has 0 aromatic carbocycles. The number of pyridine rings is 1. The summed E-state index contributed by atoms with van der Waals surface area (Å²) < 4.78 is 30.2. The van der Waals surface area contributed by atoms with Crippen LogP contribution in [0.4, 0.5) is 8.78 Å². The number of esters is 1. The molecule has 0 aliphatic rings. The molecule has 1 rings (SSSR count). The second-order valence-corrected chi connectivity index (χ2v) is 4.51. The van der Waals surface area contributed by atoms with E-state index >= 15 is 0 Å². The fraction of sp³-hybridized carbons (Fsp3) is 0.400. The van der Waals surface area contributed by atoms with E-state index in [9.17, 15) is 13.6 Å². The van der Waals surface area contributed by atoms with Crippen molar-refractivity contribution in [3.8, 4) is 0 Å². The van der Waals surface area contributed by atoms with Gasteiger partial charge in [0.2, 0.25) is 0 Å². The van der Waals surface area contributed by atoms with Gasteiger partial charge < -0.3 is 4.74 Å². The number of rotatable bonds is 4. The minimum absolute atomic E-state index is 0.122. The fourth-order valence-electron chi connectivity index (χ4n) is 1.22. The number of ether oxygens (including phenoxy) is 1. The highest BCUT2D eigenvalue weighted by molar-refractivity contribution is 9.10. The lowest BCUT2D eigenvalue weighted by atomic mass is 10.2. The molecule has 0 fully saturated rings. The molecule has 0 N–H and O–H groups in total. The molecular weight excluding hydrogens is 364 g/mol. The number of methoxy groups -OCH3 is 1. The van der Waals surface area contributed by atoms with E-state index in [4.69, 9.17) is 0 Å². The quantitative estimate of drug-likeness (QED) is 0.600. The Morgan fingerprint density at radius 2 is 2.24 bits per heavy atom. The molecule has 0 aliphatic heterocycles. The third-order valence-corrected chi connectivity index (χ3v) is 3.54. The van der Waals surface area contributed by atoms with Gasteiger partial charge in [-0.3, -0.25) is 9.78 Å². The molecule has 94 valence electrons. The van der Waals surface area contributed by atoms with Crippen LogP contribution >= 0.6 is 31.9 Å². The van der Waals surface area contributed by atoms with Crippen LogP contribution in [0.15, 0.2) is 10.5 Å². The Kier molecular flexibility index (Phi) is 5.45. The Bertz CT molecular complexity index is 427. The lowest BCUT2D eigenvalue weighted by Crippen LogP contribution is -2.09. The largest absolute Gasteiger partial charge is 0.469 e. The number of halogens is 4. The van der Waals surface area contributed by atoms with Crippen LogP contribution in [-0.2, 0) is 21.3 Å². The Morgan fingerprint density at radius 1 is 1.59 bits per heavy atom. The average Bonchev–Trinajstić information content (AvgIpc) is 2.30. The van der Waals surface area contributed by atoms with Crippen molar-refractivity contribution in [1.29, 1.82) is 0 Å². The van der Waals surface area contributed by atoms with E-state index in [0.717, 1.165) is 0 Å². The smallest absolute Gasteiger partial charge is 0.311 e. The third kappa shape index (κ3) is 3.70. The second-order valence-electron chi connectivity index (χ2n) is 3.16. The molecule has 0 saturated carbocycles. The Morgan fingerprint density at radius 3 is 2.71 bits per heavy atom. The van der Waals surface area contributed by atoms with E-state index in [1.807, 2.05) is 0 Å². The summed E-state index contributed by atoms with van der Waals surface area (Å²) >= 11 is 6.26. The van der Waals surface area contributed by atoms with Gasteiger partial charge in [-0.1, -0.05) is 15.9 Å². The average molecular weight is 373 g/mol. The SMILES string of the molecule is COC(=O)Cc1cc(CBr)c(Br)c(C(F)F)n1. The highest BCUT2D eigenvalue weighted by Gasteiger charge is 2.18. The summed E-state index contributed by atoms with van der Waals surface area (Å²) in [4.78, 5) is 14.8. The summed E-state index contributed by atoms with van der Waals surface area (Å²) in [5, 5.41) is 0.393. The summed E-state index contributed by atoms with van der Waals surface area (Å²) in [5.41, 5.74) is 0.528. The summed E-state index contributed by atoms with van der Waals surface area (Å²) in [6.45, 7) is 0. The van der Waals surface area contributed by atoms with Crippen molar-refractivity contribution in [3.63, 3.8) is 0 Å². The molecule has 17 heavy (non-hydrogen) atoms. The van der Waals surface area contributed by atoms with Crippen LogP contribution in [-0.4, -0.2) is 18.1 Å². The minimum Gasteiger partial charge on any atom is -0.469 e. The van der Waals surface area contributed by atoms with Crippen molar-refractivity contribution < 1.29 is 18.3 Å². The van der Waals surface area contributed by atoms with E-state index < -0.39 is 12.4 Å². The Balaban J connectivity index is 3.15. The molecular formula is C10H9Br2F2NO2. The first-order chi connectivity index (χ1) is 7.99. The summed E-state index contributed by atoms with van der Waals surface area (Å²) in [7, 11) is 1.24. The maximum Gasteiger partial charge on any atom is 0.311 e. The van der Waals surface area contributed by atoms with Crippen molar-refractivity contribution in [2.75, 3.05) is 7.11 Å². The van der Waals surface area contributed by atoms with Gasteiger partial charge >= 0.3 is 5.97 Å². The topological polar surface area (TPSA) is 39.2 Å². The van der Waals surface area contributed by atoms with E-state index in [1.54, 1.807) is 6.07 Å². The molecule has 0 saturated heterocycles. The van der Waals surface area contributed by atoms with Crippen LogP contribution in [0.5, 0.6) is 0 Å². The van der Waals surface area contributed by atoms with Crippen LogP contribution in [0, 0.1) is 0 Å². The number of carbonyl (C=O) groups excluding carboxylic acids is 1. The van der Waals surface area contributed by atoms with Crippen molar-refractivity contribution in [2.24, 2.45) is 0 Å². The van der Waals surface area contributed by atoms with Gasteiger partial charge in [-0.15, -0.1) is 0 Å². The monoisotopic (exact) mass is 371 g/mol. The number of hydrogen-bond acceptors (Lipinski definition) is 3. The van der Waals surface area contributed by atoms with Gasteiger partial charge in [-0.05, 0) is 27.6 Å². The standard InChI is InChI=1S/C10H9Br2F2NO2/c1-17-7(16)3-6-2-5(4-11)8(12)9(15-6)10(13)14/h2,10H,3-4H2,1H3. The van der Waals surface area contributed by atoms with Crippen LogP contribution in [0.25, 0.3) is 0 Å². The molecule has 0 spiro atoms. The lowest BCUT2D eigenvalue weighted by Gasteiger charge is -2.09. The molecule has 3 nitrogen and oxygen atoms in total. The van der Waals surface area contributed by atoms with Crippen LogP contribution < -0.4 is 0 Å². The maximum atomic E-state index is 12.7. The Hall–Kier alpha value is -0.560. The number of hydrogen-bond donors (Lipinski definition) is 0. The molecule has 0 aliphatic carbocycles. The summed E-state index contributed by atoms with van der Waals surface area (Å²) in [6, 6.07) is 1.58. The first kappa shape index (κ1) is 14.5. The van der Waals surface area contributed by atoms with Gasteiger partial charge in [-0.2, -0.15) is 0 Å². The van der Waals surface area contributed by atoms with Crippen LogP contribution in [0.3, 0.4) is 0 Å². The molecule has 1 heterocycles. The van der Waals surface area contributed by atoms with Gasteiger partial charge in [-0.25, -0.2) is 8.78 Å². The zero-order chi connectivity index (χ0) is 13.0. The number of carbonyl (C=O) groups is 1. The first-order valence-electron chi connectivity index (χ1n) is 4.58. The predicted octanol–water partition coefficient (Wildman–Crippen LogP) is 3.39. The van der Waals surface area contributed by atoms with Crippen LogP contribution in [0.1, 0.15) is 23.4 Å². The maximum absolute atomic E-state index is 12.7. The van der Waals surface area contributed by atoms with Gasteiger partial charge in [0.05, 0.1) is 19.2 Å².